The second kappa shape index (κ2) is 7.05. The second-order valence-electron chi connectivity index (χ2n) is 7.37. The van der Waals surface area contributed by atoms with E-state index in [0.717, 1.165) is 5.69 Å². The van der Waals surface area contributed by atoms with Gasteiger partial charge in [-0.25, -0.2) is 4.98 Å². The first-order valence-electron chi connectivity index (χ1n) is 9.09. The molecule has 3 heterocycles. The van der Waals surface area contributed by atoms with Crippen LogP contribution in [0.25, 0.3) is 11.1 Å². The summed E-state index contributed by atoms with van der Waals surface area (Å²) < 4.78 is 5.22. The molecule has 0 atom stereocenters. The number of rotatable bonds is 3. The van der Waals surface area contributed by atoms with E-state index in [1.165, 1.54) is 0 Å². The summed E-state index contributed by atoms with van der Waals surface area (Å²) in [5.74, 6) is 0.113. The van der Waals surface area contributed by atoms with Gasteiger partial charge < -0.3 is 14.3 Å². The summed E-state index contributed by atoms with van der Waals surface area (Å²) in [5, 5.41) is 4.62. The fourth-order valence-electron chi connectivity index (χ4n) is 3.43. The van der Waals surface area contributed by atoms with Crippen molar-refractivity contribution in [2.45, 2.75) is 46.6 Å². The number of hydrogen-bond acceptors (Lipinski definition) is 5. The SMILES string of the molecule is Cc1cc(C(=O)N2CCC(C(=O)N(C)C(C)C)CC2)c2c(C)noc2n1. The third-order valence-corrected chi connectivity index (χ3v) is 5.23. The minimum absolute atomic E-state index is 0.0111. The largest absolute Gasteiger partial charge is 0.343 e. The summed E-state index contributed by atoms with van der Waals surface area (Å²) in [6, 6.07) is 1.98. The van der Waals surface area contributed by atoms with Crippen molar-refractivity contribution in [2.75, 3.05) is 20.1 Å². The van der Waals surface area contributed by atoms with E-state index in [1.54, 1.807) is 11.0 Å². The highest BCUT2D eigenvalue weighted by atomic mass is 16.5. The van der Waals surface area contributed by atoms with Crippen molar-refractivity contribution in [3.8, 4) is 0 Å². The average molecular weight is 358 g/mol. The number of amides is 2. The van der Waals surface area contributed by atoms with Crippen LogP contribution in [0, 0.1) is 19.8 Å². The average Bonchev–Trinajstić information content (AvgIpc) is 3.00. The number of carbonyl (C=O) groups is 2. The van der Waals surface area contributed by atoms with Gasteiger partial charge in [-0.3, -0.25) is 9.59 Å². The lowest BCUT2D eigenvalue weighted by atomic mass is 9.94. The topological polar surface area (TPSA) is 79.5 Å². The van der Waals surface area contributed by atoms with Crippen LogP contribution in [0.4, 0.5) is 0 Å². The molecule has 0 N–H and O–H groups in total. The summed E-state index contributed by atoms with van der Waals surface area (Å²) in [6.07, 6.45) is 1.38. The molecule has 1 fully saturated rings. The predicted octanol–water partition coefficient (Wildman–Crippen LogP) is 2.56. The minimum Gasteiger partial charge on any atom is -0.343 e. The quantitative estimate of drug-likeness (QED) is 0.842. The lowest BCUT2D eigenvalue weighted by Gasteiger charge is -2.34. The van der Waals surface area contributed by atoms with E-state index in [1.807, 2.05) is 39.6 Å². The maximum Gasteiger partial charge on any atom is 0.258 e. The van der Waals surface area contributed by atoms with Crippen molar-refractivity contribution in [1.29, 1.82) is 0 Å². The smallest absolute Gasteiger partial charge is 0.258 e. The van der Waals surface area contributed by atoms with Gasteiger partial charge in [-0.15, -0.1) is 0 Å². The van der Waals surface area contributed by atoms with Crippen LogP contribution in [0.15, 0.2) is 10.6 Å². The van der Waals surface area contributed by atoms with Gasteiger partial charge in [-0.2, -0.15) is 0 Å². The number of aromatic nitrogens is 2. The number of fused-ring (bicyclic) bond motifs is 1. The van der Waals surface area contributed by atoms with Crippen LogP contribution in [0.2, 0.25) is 0 Å². The molecule has 3 rings (SSSR count). The first kappa shape index (κ1) is 18.4. The van der Waals surface area contributed by atoms with Gasteiger partial charge >= 0.3 is 0 Å². The molecule has 0 radical (unpaired) electrons. The molecule has 0 spiro atoms. The monoisotopic (exact) mass is 358 g/mol. The van der Waals surface area contributed by atoms with Gasteiger partial charge in [0, 0.05) is 37.8 Å². The van der Waals surface area contributed by atoms with Gasteiger partial charge in [0.05, 0.1) is 16.6 Å². The maximum absolute atomic E-state index is 13.1. The molecule has 1 saturated heterocycles. The number of nitrogens with zero attached hydrogens (tertiary/aromatic N) is 4. The fourth-order valence-corrected chi connectivity index (χ4v) is 3.43. The Morgan fingerprint density at radius 1 is 1.27 bits per heavy atom. The first-order chi connectivity index (χ1) is 12.3. The van der Waals surface area contributed by atoms with Gasteiger partial charge in [-0.1, -0.05) is 5.16 Å². The Morgan fingerprint density at radius 3 is 2.54 bits per heavy atom. The van der Waals surface area contributed by atoms with E-state index in [2.05, 4.69) is 10.1 Å². The second-order valence-corrected chi connectivity index (χ2v) is 7.37. The molecule has 140 valence electrons. The molecular weight excluding hydrogens is 332 g/mol. The molecule has 26 heavy (non-hydrogen) atoms. The zero-order valence-electron chi connectivity index (χ0n) is 16.1. The Kier molecular flexibility index (Phi) is 4.98. The van der Waals surface area contributed by atoms with E-state index in [9.17, 15) is 9.59 Å². The van der Waals surface area contributed by atoms with Gasteiger partial charge in [0.2, 0.25) is 5.91 Å². The number of piperidine rings is 1. The summed E-state index contributed by atoms with van der Waals surface area (Å²) in [6.45, 7) is 8.82. The molecular formula is C19H26N4O3. The van der Waals surface area contributed by atoms with Crippen LogP contribution in [0.1, 0.15) is 48.4 Å². The number of aryl methyl sites for hydroxylation is 2. The Labute approximate surface area is 153 Å². The van der Waals surface area contributed by atoms with Crippen LogP contribution < -0.4 is 0 Å². The van der Waals surface area contributed by atoms with E-state index >= 15 is 0 Å². The van der Waals surface area contributed by atoms with Crippen LogP contribution in [0.3, 0.4) is 0 Å². The summed E-state index contributed by atoms with van der Waals surface area (Å²) in [7, 11) is 1.84. The van der Waals surface area contributed by atoms with Crippen LogP contribution in [0.5, 0.6) is 0 Å². The third kappa shape index (κ3) is 3.30. The van der Waals surface area contributed by atoms with Crippen molar-refractivity contribution in [2.24, 2.45) is 5.92 Å². The lowest BCUT2D eigenvalue weighted by molar-refractivity contribution is -0.137. The molecule has 0 saturated carbocycles. The van der Waals surface area contributed by atoms with Gasteiger partial charge in [-0.05, 0) is 46.6 Å². The number of carbonyl (C=O) groups excluding carboxylic acids is 2. The standard InChI is InChI=1S/C19H26N4O3/c1-11(2)22(5)18(24)14-6-8-23(9-7-14)19(25)15-10-12(3)20-17-16(15)13(4)21-26-17/h10-11,14H,6-9H2,1-5H3. The molecule has 0 bridgehead atoms. The molecule has 7 nitrogen and oxygen atoms in total. The molecule has 2 amide bonds. The van der Waals surface area contributed by atoms with Crippen molar-refractivity contribution < 1.29 is 14.1 Å². The zero-order chi connectivity index (χ0) is 19.0. The Bertz CT molecular complexity index is 835. The number of hydrogen-bond donors (Lipinski definition) is 0. The van der Waals surface area contributed by atoms with Crippen molar-refractivity contribution in [3.05, 3.63) is 23.0 Å². The van der Waals surface area contributed by atoms with Crippen LogP contribution in [-0.2, 0) is 4.79 Å². The first-order valence-corrected chi connectivity index (χ1v) is 9.09. The van der Waals surface area contributed by atoms with Crippen molar-refractivity contribution >= 4 is 22.9 Å². The minimum atomic E-state index is -0.0464. The highest BCUT2D eigenvalue weighted by Crippen LogP contribution is 2.26. The third-order valence-electron chi connectivity index (χ3n) is 5.23. The van der Waals surface area contributed by atoms with E-state index < -0.39 is 0 Å². The number of likely N-dealkylation sites (tertiary alicyclic amines) is 1. The Morgan fingerprint density at radius 2 is 1.92 bits per heavy atom. The molecule has 0 unspecified atom stereocenters. The molecule has 7 heteroatoms. The Balaban J connectivity index is 1.76. The summed E-state index contributed by atoms with van der Waals surface area (Å²) in [4.78, 5) is 33.5. The Hall–Kier alpha value is -2.44. The highest BCUT2D eigenvalue weighted by molar-refractivity contribution is 6.06. The summed E-state index contributed by atoms with van der Waals surface area (Å²) in [5.41, 5.74) is 2.37. The lowest BCUT2D eigenvalue weighted by Crippen LogP contribution is -2.45. The van der Waals surface area contributed by atoms with Crippen LogP contribution >= 0.6 is 0 Å². The number of pyridine rings is 1. The molecule has 1 aliphatic rings. The molecule has 2 aromatic rings. The molecule has 0 aromatic carbocycles. The van der Waals surface area contributed by atoms with Gasteiger partial charge in [0.1, 0.15) is 0 Å². The zero-order valence-corrected chi connectivity index (χ0v) is 16.1. The highest BCUT2D eigenvalue weighted by Gasteiger charge is 2.31. The molecule has 1 aliphatic heterocycles. The van der Waals surface area contributed by atoms with Gasteiger partial charge in [0.25, 0.3) is 11.6 Å². The van der Waals surface area contributed by atoms with E-state index in [0.29, 0.717) is 48.3 Å². The van der Waals surface area contributed by atoms with E-state index in [4.69, 9.17) is 4.52 Å². The van der Waals surface area contributed by atoms with Gasteiger partial charge in [0.15, 0.2) is 0 Å². The predicted molar refractivity (Wildman–Crippen MR) is 97.8 cm³/mol. The van der Waals surface area contributed by atoms with Crippen LogP contribution in [-0.4, -0.2) is 57.9 Å². The normalized spacial score (nSPS) is 15.7. The van der Waals surface area contributed by atoms with Crippen molar-refractivity contribution in [1.82, 2.24) is 19.9 Å². The fraction of sp³-hybridized carbons (Fsp3) is 0.579. The summed E-state index contributed by atoms with van der Waals surface area (Å²) >= 11 is 0. The molecule has 0 aliphatic carbocycles. The maximum atomic E-state index is 13.1. The van der Waals surface area contributed by atoms with E-state index in [-0.39, 0.29) is 23.8 Å². The van der Waals surface area contributed by atoms with Crippen molar-refractivity contribution in [3.63, 3.8) is 0 Å². The molecule has 2 aromatic heterocycles.